The second kappa shape index (κ2) is 5.38. The SMILES string of the molecule is Cc1cc(Cl)ccc1Nc1ncnc2ccc(Br)cc12. The Labute approximate surface area is 130 Å². The minimum atomic E-state index is 0.725. The molecule has 0 aliphatic carbocycles. The Morgan fingerprint density at radius 3 is 2.75 bits per heavy atom. The third-order valence-corrected chi connectivity index (χ3v) is 3.77. The van der Waals surface area contributed by atoms with Crippen LogP contribution in [0.3, 0.4) is 0 Å². The van der Waals surface area contributed by atoms with E-state index in [4.69, 9.17) is 11.6 Å². The number of fused-ring (bicyclic) bond motifs is 1. The van der Waals surface area contributed by atoms with Crippen LogP contribution in [0.5, 0.6) is 0 Å². The molecule has 5 heteroatoms. The first-order valence-electron chi connectivity index (χ1n) is 6.07. The van der Waals surface area contributed by atoms with Gasteiger partial charge in [-0.1, -0.05) is 27.5 Å². The number of hydrogen-bond acceptors (Lipinski definition) is 3. The predicted molar refractivity (Wildman–Crippen MR) is 86.7 cm³/mol. The van der Waals surface area contributed by atoms with Crippen LogP contribution < -0.4 is 5.32 Å². The highest BCUT2D eigenvalue weighted by Gasteiger charge is 2.06. The molecule has 0 fully saturated rings. The maximum atomic E-state index is 5.98. The van der Waals surface area contributed by atoms with Crippen LogP contribution >= 0.6 is 27.5 Å². The van der Waals surface area contributed by atoms with Crippen LogP contribution in [0.15, 0.2) is 47.2 Å². The quantitative estimate of drug-likeness (QED) is 0.700. The summed E-state index contributed by atoms with van der Waals surface area (Å²) in [6.45, 7) is 2.01. The lowest BCUT2D eigenvalue weighted by Crippen LogP contribution is -1.97. The maximum Gasteiger partial charge on any atom is 0.141 e. The molecule has 0 unspecified atom stereocenters. The lowest BCUT2D eigenvalue weighted by molar-refractivity contribution is 1.21. The number of halogens is 2. The first kappa shape index (κ1) is 13.3. The average molecular weight is 349 g/mol. The summed E-state index contributed by atoms with van der Waals surface area (Å²) in [4.78, 5) is 8.60. The summed E-state index contributed by atoms with van der Waals surface area (Å²) in [6.07, 6.45) is 1.56. The largest absolute Gasteiger partial charge is 0.339 e. The molecule has 0 aliphatic rings. The highest BCUT2D eigenvalue weighted by molar-refractivity contribution is 9.10. The van der Waals surface area contributed by atoms with Crippen LogP contribution in [-0.4, -0.2) is 9.97 Å². The van der Waals surface area contributed by atoms with Crippen LogP contribution in [0.25, 0.3) is 10.9 Å². The molecule has 0 atom stereocenters. The van der Waals surface area contributed by atoms with E-state index in [9.17, 15) is 0 Å². The molecule has 100 valence electrons. The van der Waals surface area contributed by atoms with Crippen molar-refractivity contribution in [3.63, 3.8) is 0 Å². The van der Waals surface area contributed by atoms with E-state index >= 15 is 0 Å². The summed E-state index contributed by atoms with van der Waals surface area (Å²) in [5, 5.41) is 5.03. The zero-order chi connectivity index (χ0) is 14.1. The molecule has 1 N–H and O–H groups in total. The summed E-state index contributed by atoms with van der Waals surface area (Å²) in [5.74, 6) is 0.779. The molecule has 0 saturated carbocycles. The summed E-state index contributed by atoms with van der Waals surface area (Å²) < 4.78 is 0.996. The molecule has 1 aromatic heterocycles. The second-order valence-electron chi connectivity index (χ2n) is 4.47. The highest BCUT2D eigenvalue weighted by Crippen LogP contribution is 2.28. The van der Waals surface area contributed by atoms with E-state index in [2.05, 4.69) is 31.2 Å². The molecule has 0 radical (unpaired) electrons. The summed E-state index contributed by atoms with van der Waals surface area (Å²) in [5.41, 5.74) is 2.95. The smallest absolute Gasteiger partial charge is 0.141 e. The van der Waals surface area contributed by atoms with Gasteiger partial charge in [-0.2, -0.15) is 0 Å². The van der Waals surface area contributed by atoms with Gasteiger partial charge in [-0.15, -0.1) is 0 Å². The van der Waals surface area contributed by atoms with Crippen molar-refractivity contribution in [1.29, 1.82) is 0 Å². The number of benzene rings is 2. The van der Waals surface area contributed by atoms with Gasteiger partial charge in [0.25, 0.3) is 0 Å². The Balaban J connectivity index is 2.08. The summed E-state index contributed by atoms with van der Waals surface area (Å²) >= 11 is 9.45. The normalized spacial score (nSPS) is 10.8. The molecule has 3 aromatic rings. The minimum absolute atomic E-state index is 0.725. The molecular formula is C15H11BrClN3. The number of hydrogen-bond donors (Lipinski definition) is 1. The van der Waals surface area contributed by atoms with E-state index in [0.29, 0.717) is 0 Å². The van der Waals surface area contributed by atoms with Crippen LogP contribution in [0.1, 0.15) is 5.56 Å². The summed E-state index contributed by atoms with van der Waals surface area (Å²) in [7, 11) is 0. The zero-order valence-electron chi connectivity index (χ0n) is 10.7. The van der Waals surface area contributed by atoms with Crippen molar-refractivity contribution in [1.82, 2.24) is 9.97 Å². The lowest BCUT2D eigenvalue weighted by atomic mass is 10.2. The highest BCUT2D eigenvalue weighted by atomic mass is 79.9. The molecule has 3 nitrogen and oxygen atoms in total. The fourth-order valence-corrected chi connectivity index (χ4v) is 2.61. The predicted octanol–water partition coefficient (Wildman–Crippen LogP) is 5.10. The van der Waals surface area contributed by atoms with Crippen molar-refractivity contribution in [2.24, 2.45) is 0 Å². The Bertz CT molecular complexity index is 789. The topological polar surface area (TPSA) is 37.8 Å². The third kappa shape index (κ3) is 2.62. The van der Waals surface area contributed by atoms with E-state index in [1.165, 1.54) is 0 Å². The van der Waals surface area contributed by atoms with Crippen LogP contribution in [0.2, 0.25) is 5.02 Å². The van der Waals surface area contributed by atoms with Gasteiger partial charge in [0.2, 0.25) is 0 Å². The molecular weight excluding hydrogens is 338 g/mol. The summed E-state index contributed by atoms with van der Waals surface area (Å²) in [6, 6.07) is 11.7. The van der Waals surface area contributed by atoms with Gasteiger partial charge in [-0.05, 0) is 48.9 Å². The maximum absolute atomic E-state index is 5.98. The van der Waals surface area contributed by atoms with Gasteiger partial charge in [-0.25, -0.2) is 9.97 Å². The molecule has 0 bridgehead atoms. The fraction of sp³-hybridized carbons (Fsp3) is 0.0667. The molecule has 2 aromatic carbocycles. The van der Waals surface area contributed by atoms with Gasteiger partial charge >= 0.3 is 0 Å². The molecule has 0 spiro atoms. The van der Waals surface area contributed by atoms with E-state index in [1.807, 2.05) is 43.3 Å². The van der Waals surface area contributed by atoms with Crippen molar-refractivity contribution >= 4 is 49.9 Å². The van der Waals surface area contributed by atoms with E-state index in [1.54, 1.807) is 6.33 Å². The Kier molecular flexibility index (Phi) is 3.59. The number of aromatic nitrogens is 2. The van der Waals surface area contributed by atoms with Gasteiger partial charge in [-0.3, -0.25) is 0 Å². The number of nitrogens with one attached hydrogen (secondary N) is 1. The van der Waals surface area contributed by atoms with Gasteiger partial charge in [0.1, 0.15) is 12.1 Å². The van der Waals surface area contributed by atoms with Crippen LogP contribution in [0, 0.1) is 6.92 Å². The monoisotopic (exact) mass is 347 g/mol. The van der Waals surface area contributed by atoms with E-state index in [0.717, 1.165) is 37.5 Å². The Morgan fingerprint density at radius 1 is 1.10 bits per heavy atom. The first-order valence-corrected chi connectivity index (χ1v) is 7.24. The van der Waals surface area contributed by atoms with Gasteiger partial charge in [0.15, 0.2) is 0 Å². The van der Waals surface area contributed by atoms with E-state index < -0.39 is 0 Å². The van der Waals surface area contributed by atoms with Crippen molar-refractivity contribution in [3.8, 4) is 0 Å². The molecule has 20 heavy (non-hydrogen) atoms. The number of anilines is 2. The van der Waals surface area contributed by atoms with Crippen molar-refractivity contribution in [3.05, 3.63) is 57.8 Å². The van der Waals surface area contributed by atoms with Gasteiger partial charge in [0, 0.05) is 20.6 Å². The van der Waals surface area contributed by atoms with Crippen LogP contribution in [0.4, 0.5) is 11.5 Å². The first-order chi connectivity index (χ1) is 9.63. The number of rotatable bonds is 2. The van der Waals surface area contributed by atoms with Crippen molar-refractivity contribution < 1.29 is 0 Å². The molecule has 1 heterocycles. The molecule has 0 saturated heterocycles. The van der Waals surface area contributed by atoms with Crippen molar-refractivity contribution in [2.75, 3.05) is 5.32 Å². The van der Waals surface area contributed by atoms with E-state index in [-0.39, 0.29) is 0 Å². The Morgan fingerprint density at radius 2 is 1.95 bits per heavy atom. The lowest BCUT2D eigenvalue weighted by Gasteiger charge is -2.11. The number of nitrogens with zero attached hydrogens (tertiary/aromatic N) is 2. The number of aryl methyl sites for hydroxylation is 1. The van der Waals surface area contributed by atoms with Crippen LogP contribution in [-0.2, 0) is 0 Å². The minimum Gasteiger partial charge on any atom is -0.339 e. The molecule has 0 aliphatic heterocycles. The van der Waals surface area contributed by atoms with Gasteiger partial charge in [0.05, 0.1) is 5.52 Å². The second-order valence-corrected chi connectivity index (χ2v) is 5.82. The van der Waals surface area contributed by atoms with Gasteiger partial charge < -0.3 is 5.32 Å². The average Bonchev–Trinajstić information content (AvgIpc) is 2.42. The molecule has 0 amide bonds. The van der Waals surface area contributed by atoms with Crippen molar-refractivity contribution in [2.45, 2.75) is 6.92 Å². The Hall–Kier alpha value is -1.65. The fourth-order valence-electron chi connectivity index (χ4n) is 2.02. The third-order valence-electron chi connectivity index (χ3n) is 3.04. The zero-order valence-corrected chi connectivity index (χ0v) is 13.0. The standard InChI is InChI=1S/C15H11BrClN3/c1-9-6-11(17)3-5-13(9)20-15-12-7-10(16)2-4-14(12)18-8-19-15/h2-8H,1H3,(H,18,19,20). The molecule has 3 rings (SSSR count).